The highest BCUT2D eigenvalue weighted by molar-refractivity contribution is 5.90. The van der Waals surface area contributed by atoms with Gasteiger partial charge >= 0.3 is 6.03 Å². The molecule has 0 saturated heterocycles. The van der Waals surface area contributed by atoms with Crippen molar-refractivity contribution in [2.24, 2.45) is 0 Å². The maximum absolute atomic E-state index is 12.8. The first-order valence-corrected chi connectivity index (χ1v) is 8.12. The third-order valence-corrected chi connectivity index (χ3v) is 3.84. The first-order valence-electron chi connectivity index (χ1n) is 8.12. The number of likely N-dealkylation sites (N-methyl/N-ethyl adjacent to an activating group) is 1. The van der Waals surface area contributed by atoms with Gasteiger partial charge in [0, 0.05) is 37.7 Å². The number of urea groups is 1. The zero-order chi connectivity index (χ0) is 17.5. The van der Waals surface area contributed by atoms with Crippen molar-refractivity contribution in [3.05, 3.63) is 59.4 Å². The van der Waals surface area contributed by atoms with Crippen LogP contribution in [-0.2, 0) is 6.54 Å². The molecule has 5 heteroatoms. The average Bonchev–Trinajstić information content (AvgIpc) is 2.55. The fourth-order valence-electron chi connectivity index (χ4n) is 2.35. The predicted octanol–water partition coefficient (Wildman–Crippen LogP) is 3.29. The van der Waals surface area contributed by atoms with E-state index >= 15 is 0 Å². The number of pyridine rings is 1. The van der Waals surface area contributed by atoms with Crippen LogP contribution >= 0.6 is 0 Å². The van der Waals surface area contributed by atoms with Crippen LogP contribution in [-0.4, -0.2) is 48.0 Å². The minimum atomic E-state index is -0.0885. The molecular weight excluding hydrogens is 300 g/mol. The van der Waals surface area contributed by atoms with Crippen LogP contribution in [0.25, 0.3) is 0 Å². The van der Waals surface area contributed by atoms with E-state index in [-0.39, 0.29) is 6.03 Å². The zero-order valence-corrected chi connectivity index (χ0v) is 14.9. The Labute approximate surface area is 144 Å². The lowest BCUT2D eigenvalue weighted by molar-refractivity contribution is 0.202. The van der Waals surface area contributed by atoms with Gasteiger partial charge in [0.1, 0.15) is 0 Å². The Bertz CT molecular complexity index is 670. The highest BCUT2D eigenvalue weighted by Crippen LogP contribution is 2.17. The summed E-state index contributed by atoms with van der Waals surface area (Å²) >= 11 is 0. The van der Waals surface area contributed by atoms with E-state index in [4.69, 9.17) is 0 Å². The predicted molar refractivity (Wildman–Crippen MR) is 98.1 cm³/mol. The maximum Gasteiger partial charge on any atom is 0.322 e. The van der Waals surface area contributed by atoms with E-state index in [9.17, 15) is 4.79 Å². The summed E-state index contributed by atoms with van der Waals surface area (Å²) < 4.78 is 0. The first-order chi connectivity index (χ1) is 11.5. The van der Waals surface area contributed by atoms with Gasteiger partial charge in [-0.3, -0.25) is 4.98 Å². The second-order valence-electron chi connectivity index (χ2n) is 6.33. The van der Waals surface area contributed by atoms with E-state index in [0.29, 0.717) is 13.1 Å². The van der Waals surface area contributed by atoms with Crippen LogP contribution in [0.1, 0.15) is 16.7 Å². The Hall–Kier alpha value is -2.40. The van der Waals surface area contributed by atoms with Crippen molar-refractivity contribution in [3.63, 3.8) is 0 Å². The topological polar surface area (TPSA) is 48.5 Å². The standard InChI is InChI=1S/C19H26N4O/c1-15-7-8-16(2)18(12-15)21-19(24)23(11-10-22(3)4)14-17-6-5-9-20-13-17/h5-9,12-13H,10-11,14H2,1-4H3,(H,21,24). The molecule has 2 aromatic rings. The van der Waals surface area contributed by atoms with Crippen LogP contribution in [0.4, 0.5) is 10.5 Å². The molecule has 0 unspecified atom stereocenters. The molecule has 1 N–H and O–H groups in total. The van der Waals surface area contributed by atoms with Crippen LogP contribution in [0, 0.1) is 13.8 Å². The fourth-order valence-corrected chi connectivity index (χ4v) is 2.35. The lowest BCUT2D eigenvalue weighted by Gasteiger charge is -2.25. The number of rotatable bonds is 6. The molecule has 0 aliphatic rings. The third-order valence-electron chi connectivity index (χ3n) is 3.84. The maximum atomic E-state index is 12.8. The number of aryl methyl sites for hydroxylation is 2. The van der Waals surface area contributed by atoms with E-state index in [0.717, 1.165) is 28.9 Å². The van der Waals surface area contributed by atoms with Gasteiger partial charge in [0.05, 0.1) is 0 Å². The van der Waals surface area contributed by atoms with E-state index in [1.807, 2.05) is 63.2 Å². The monoisotopic (exact) mass is 326 g/mol. The Morgan fingerprint density at radius 2 is 1.96 bits per heavy atom. The van der Waals surface area contributed by atoms with Gasteiger partial charge in [0.25, 0.3) is 0 Å². The Morgan fingerprint density at radius 3 is 2.62 bits per heavy atom. The summed E-state index contributed by atoms with van der Waals surface area (Å²) in [7, 11) is 4.01. The van der Waals surface area contributed by atoms with Crippen LogP contribution in [0.15, 0.2) is 42.7 Å². The molecule has 0 aliphatic heterocycles. The highest BCUT2D eigenvalue weighted by atomic mass is 16.2. The van der Waals surface area contributed by atoms with Crippen molar-refractivity contribution < 1.29 is 4.79 Å². The zero-order valence-electron chi connectivity index (χ0n) is 14.9. The molecule has 0 aliphatic carbocycles. The quantitative estimate of drug-likeness (QED) is 0.886. The van der Waals surface area contributed by atoms with Crippen molar-refractivity contribution in [2.45, 2.75) is 20.4 Å². The van der Waals surface area contributed by atoms with Crippen molar-refractivity contribution >= 4 is 11.7 Å². The Balaban J connectivity index is 2.12. The van der Waals surface area contributed by atoms with Crippen molar-refractivity contribution in [3.8, 4) is 0 Å². The molecule has 2 amide bonds. The van der Waals surface area contributed by atoms with Crippen LogP contribution in [0.5, 0.6) is 0 Å². The van der Waals surface area contributed by atoms with Crippen LogP contribution < -0.4 is 5.32 Å². The van der Waals surface area contributed by atoms with Gasteiger partial charge in [-0.2, -0.15) is 0 Å². The molecule has 5 nitrogen and oxygen atoms in total. The summed E-state index contributed by atoms with van der Waals surface area (Å²) in [5, 5.41) is 3.04. The van der Waals surface area contributed by atoms with Gasteiger partial charge in [0.15, 0.2) is 0 Å². The Kier molecular flexibility index (Phi) is 6.32. The van der Waals surface area contributed by atoms with E-state index in [1.165, 1.54) is 0 Å². The average molecular weight is 326 g/mol. The largest absolute Gasteiger partial charge is 0.322 e. The van der Waals surface area contributed by atoms with E-state index in [2.05, 4.69) is 15.2 Å². The molecule has 0 spiro atoms. The summed E-state index contributed by atoms with van der Waals surface area (Å²) in [5.74, 6) is 0. The number of carbonyl (C=O) groups is 1. The number of nitrogens with one attached hydrogen (secondary N) is 1. The molecule has 1 aromatic heterocycles. The summed E-state index contributed by atoms with van der Waals surface area (Å²) in [6, 6.07) is 9.86. The number of benzene rings is 1. The molecule has 1 heterocycles. The van der Waals surface area contributed by atoms with Crippen LogP contribution in [0.3, 0.4) is 0 Å². The molecule has 24 heavy (non-hydrogen) atoms. The second-order valence-corrected chi connectivity index (χ2v) is 6.33. The number of nitrogens with zero attached hydrogens (tertiary/aromatic N) is 3. The smallest absolute Gasteiger partial charge is 0.319 e. The van der Waals surface area contributed by atoms with Crippen molar-refractivity contribution in [1.82, 2.24) is 14.8 Å². The number of amides is 2. The molecule has 2 rings (SSSR count). The number of carbonyl (C=O) groups excluding carboxylic acids is 1. The minimum Gasteiger partial charge on any atom is -0.319 e. The molecule has 0 atom stereocenters. The number of hydrogen-bond acceptors (Lipinski definition) is 3. The lowest BCUT2D eigenvalue weighted by atomic mass is 10.1. The summed E-state index contributed by atoms with van der Waals surface area (Å²) in [6.45, 7) is 6.02. The van der Waals surface area contributed by atoms with E-state index in [1.54, 1.807) is 12.4 Å². The second kappa shape index (κ2) is 8.45. The van der Waals surface area contributed by atoms with Crippen molar-refractivity contribution in [2.75, 3.05) is 32.5 Å². The molecule has 0 saturated carbocycles. The lowest BCUT2D eigenvalue weighted by Crippen LogP contribution is -2.39. The molecular formula is C19H26N4O. The van der Waals surface area contributed by atoms with E-state index < -0.39 is 0 Å². The first kappa shape index (κ1) is 17.9. The van der Waals surface area contributed by atoms with Crippen molar-refractivity contribution in [1.29, 1.82) is 0 Å². The minimum absolute atomic E-state index is 0.0885. The Morgan fingerprint density at radius 1 is 1.17 bits per heavy atom. The SMILES string of the molecule is Cc1ccc(C)c(NC(=O)N(CCN(C)C)Cc2cccnc2)c1. The normalized spacial score (nSPS) is 10.7. The number of aromatic nitrogens is 1. The molecule has 1 aromatic carbocycles. The molecule has 0 bridgehead atoms. The fraction of sp³-hybridized carbons (Fsp3) is 0.368. The molecule has 0 fully saturated rings. The van der Waals surface area contributed by atoms with Gasteiger partial charge in [-0.25, -0.2) is 4.79 Å². The third kappa shape index (κ3) is 5.35. The van der Waals surface area contributed by atoms with Crippen LogP contribution in [0.2, 0.25) is 0 Å². The van der Waals surface area contributed by atoms with Gasteiger partial charge in [0.2, 0.25) is 0 Å². The summed E-state index contributed by atoms with van der Waals surface area (Å²) in [4.78, 5) is 20.8. The summed E-state index contributed by atoms with van der Waals surface area (Å²) in [5.41, 5.74) is 4.07. The van der Waals surface area contributed by atoms with Gasteiger partial charge in [-0.1, -0.05) is 18.2 Å². The van der Waals surface area contributed by atoms with Gasteiger partial charge in [-0.15, -0.1) is 0 Å². The van der Waals surface area contributed by atoms with Gasteiger partial charge in [-0.05, 0) is 56.8 Å². The molecule has 0 radical (unpaired) electrons. The summed E-state index contributed by atoms with van der Waals surface area (Å²) in [6.07, 6.45) is 3.54. The highest BCUT2D eigenvalue weighted by Gasteiger charge is 2.15. The molecule has 128 valence electrons. The number of anilines is 1. The number of hydrogen-bond donors (Lipinski definition) is 1. The van der Waals surface area contributed by atoms with Gasteiger partial charge < -0.3 is 15.1 Å².